The van der Waals surface area contributed by atoms with E-state index < -0.39 is 11.5 Å². The van der Waals surface area contributed by atoms with E-state index in [0.29, 0.717) is 6.42 Å². The maximum Gasteiger partial charge on any atom is 0.328 e. The van der Waals surface area contributed by atoms with Crippen molar-refractivity contribution in [2.75, 3.05) is 13.1 Å². The highest BCUT2D eigenvalue weighted by molar-refractivity contribution is 5.82. The lowest BCUT2D eigenvalue weighted by Gasteiger charge is -2.48. The fourth-order valence-corrected chi connectivity index (χ4v) is 3.65. The molecule has 0 fully saturated rings. The first-order valence-electron chi connectivity index (χ1n) is 7.48. The van der Waals surface area contributed by atoms with Crippen LogP contribution in [-0.2, 0) is 15.7 Å². The fourth-order valence-electron chi connectivity index (χ4n) is 3.65. The van der Waals surface area contributed by atoms with Crippen LogP contribution in [0.1, 0.15) is 51.7 Å². The lowest BCUT2D eigenvalue weighted by atomic mass is 9.64. The van der Waals surface area contributed by atoms with Gasteiger partial charge in [0.05, 0.1) is 0 Å². The van der Waals surface area contributed by atoms with Crippen LogP contribution in [0.25, 0.3) is 0 Å². The van der Waals surface area contributed by atoms with Gasteiger partial charge in [-0.2, -0.15) is 0 Å². The Balaban J connectivity index is 2.69. The van der Waals surface area contributed by atoms with E-state index >= 15 is 0 Å². The molecule has 0 amide bonds. The number of likely N-dealkylation sites (N-methyl/N-ethyl adjacent to an activating group) is 1. The summed E-state index contributed by atoms with van der Waals surface area (Å²) >= 11 is 0. The minimum Gasteiger partial charge on any atom is -0.480 e. The molecule has 0 radical (unpaired) electrons. The molecule has 1 aromatic carbocycles. The minimum absolute atomic E-state index is 0.0443. The summed E-state index contributed by atoms with van der Waals surface area (Å²) in [5.74, 6) is -0.718. The molecule has 110 valence electrons. The first kappa shape index (κ1) is 15.0. The second kappa shape index (κ2) is 5.21. The topological polar surface area (TPSA) is 40.5 Å². The quantitative estimate of drug-likeness (QED) is 0.915. The zero-order valence-corrected chi connectivity index (χ0v) is 12.9. The van der Waals surface area contributed by atoms with Crippen molar-refractivity contribution in [1.29, 1.82) is 0 Å². The van der Waals surface area contributed by atoms with Gasteiger partial charge in [-0.25, -0.2) is 4.79 Å². The molecule has 0 spiro atoms. The molecule has 1 atom stereocenters. The van der Waals surface area contributed by atoms with E-state index in [1.807, 2.05) is 32.0 Å². The predicted molar refractivity (Wildman–Crippen MR) is 80.9 cm³/mol. The summed E-state index contributed by atoms with van der Waals surface area (Å²) in [5.41, 5.74) is 1.34. The molecule has 1 unspecified atom stereocenters. The normalized spacial score (nSPS) is 24.4. The fraction of sp³-hybridized carbons (Fsp3) is 0.588. The molecule has 0 aromatic heterocycles. The standard InChI is InChI=1S/C17H25NO2/c1-5-18(6-2)17(15(19)20)12-11-16(3,4)13-9-7-8-10-14(13)17/h7-10H,5-6,11-12H2,1-4H3,(H,19,20). The SMILES string of the molecule is CCN(CC)C1(C(=O)O)CCC(C)(C)c2ccccc21. The van der Waals surface area contributed by atoms with Crippen molar-refractivity contribution < 1.29 is 9.90 Å². The molecule has 2 rings (SSSR count). The van der Waals surface area contributed by atoms with Crippen LogP contribution < -0.4 is 0 Å². The molecule has 1 aromatic rings. The van der Waals surface area contributed by atoms with E-state index in [2.05, 4.69) is 24.8 Å². The summed E-state index contributed by atoms with van der Waals surface area (Å²) < 4.78 is 0. The van der Waals surface area contributed by atoms with Crippen LogP contribution in [0.15, 0.2) is 24.3 Å². The zero-order valence-electron chi connectivity index (χ0n) is 12.9. The van der Waals surface area contributed by atoms with Crippen molar-refractivity contribution in [1.82, 2.24) is 4.90 Å². The number of hydrogen-bond donors (Lipinski definition) is 1. The van der Waals surface area contributed by atoms with Crippen LogP contribution in [0.5, 0.6) is 0 Å². The number of hydrogen-bond acceptors (Lipinski definition) is 2. The Morgan fingerprint density at radius 3 is 2.20 bits per heavy atom. The Morgan fingerprint density at radius 1 is 1.15 bits per heavy atom. The van der Waals surface area contributed by atoms with Crippen molar-refractivity contribution >= 4 is 5.97 Å². The van der Waals surface area contributed by atoms with Gasteiger partial charge in [0, 0.05) is 0 Å². The Morgan fingerprint density at radius 2 is 1.70 bits per heavy atom. The van der Waals surface area contributed by atoms with Gasteiger partial charge in [-0.05, 0) is 42.5 Å². The third-order valence-electron chi connectivity index (χ3n) is 4.87. The number of carboxylic acid groups (broad SMARTS) is 1. The van der Waals surface area contributed by atoms with E-state index in [9.17, 15) is 9.90 Å². The maximum atomic E-state index is 12.2. The van der Waals surface area contributed by atoms with Gasteiger partial charge in [-0.1, -0.05) is 52.0 Å². The van der Waals surface area contributed by atoms with Gasteiger partial charge in [-0.3, -0.25) is 4.90 Å². The minimum atomic E-state index is -0.865. The smallest absolute Gasteiger partial charge is 0.328 e. The highest BCUT2D eigenvalue weighted by Crippen LogP contribution is 2.47. The number of carboxylic acids is 1. The highest BCUT2D eigenvalue weighted by atomic mass is 16.4. The molecule has 0 saturated carbocycles. The molecule has 1 N–H and O–H groups in total. The van der Waals surface area contributed by atoms with Crippen LogP contribution >= 0.6 is 0 Å². The van der Waals surface area contributed by atoms with Gasteiger partial charge in [-0.15, -0.1) is 0 Å². The molecule has 0 saturated heterocycles. The van der Waals surface area contributed by atoms with Crippen molar-refractivity contribution in [3.8, 4) is 0 Å². The van der Waals surface area contributed by atoms with Crippen molar-refractivity contribution in [2.45, 2.75) is 51.5 Å². The Labute approximate surface area is 121 Å². The Bertz CT molecular complexity index is 505. The van der Waals surface area contributed by atoms with E-state index in [1.165, 1.54) is 5.56 Å². The van der Waals surface area contributed by atoms with Crippen LogP contribution in [-0.4, -0.2) is 29.1 Å². The summed E-state index contributed by atoms with van der Waals surface area (Å²) in [6.07, 6.45) is 1.57. The first-order valence-corrected chi connectivity index (χ1v) is 7.48. The number of fused-ring (bicyclic) bond motifs is 1. The Kier molecular flexibility index (Phi) is 3.92. The van der Waals surface area contributed by atoms with E-state index in [1.54, 1.807) is 0 Å². The summed E-state index contributed by atoms with van der Waals surface area (Å²) in [4.78, 5) is 14.3. The largest absolute Gasteiger partial charge is 0.480 e. The third-order valence-corrected chi connectivity index (χ3v) is 4.87. The van der Waals surface area contributed by atoms with Crippen molar-refractivity contribution in [3.05, 3.63) is 35.4 Å². The summed E-state index contributed by atoms with van der Waals surface area (Å²) in [6, 6.07) is 8.07. The van der Waals surface area contributed by atoms with Gasteiger partial charge in [0.25, 0.3) is 0 Å². The summed E-state index contributed by atoms with van der Waals surface area (Å²) in [6.45, 7) is 9.99. The van der Waals surface area contributed by atoms with Gasteiger partial charge < -0.3 is 5.11 Å². The van der Waals surface area contributed by atoms with Gasteiger partial charge >= 0.3 is 5.97 Å². The van der Waals surface area contributed by atoms with Gasteiger partial charge in [0.15, 0.2) is 0 Å². The third kappa shape index (κ3) is 2.05. The lowest BCUT2D eigenvalue weighted by molar-refractivity contribution is -0.154. The molecule has 0 bridgehead atoms. The lowest BCUT2D eigenvalue weighted by Crippen LogP contribution is -2.55. The number of nitrogens with zero attached hydrogens (tertiary/aromatic N) is 1. The monoisotopic (exact) mass is 275 g/mol. The number of benzene rings is 1. The van der Waals surface area contributed by atoms with Crippen molar-refractivity contribution in [2.24, 2.45) is 0 Å². The molecule has 0 heterocycles. The summed E-state index contributed by atoms with van der Waals surface area (Å²) in [5, 5.41) is 10.00. The van der Waals surface area contributed by atoms with Crippen LogP contribution in [0, 0.1) is 0 Å². The molecule has 1 aliphatic rings. The molecular weight excluding hydrogens is 250 g/mol. The number of carbonyl (C=O) groups is 1. The molecule has 3 heteroatoms. The Hall–Kier alpha value is -1.35. The van der Waals surface area contributed by atoms with E-state index in [-0.39, 0.29) is 5.41 Å². The average molecular weight is 275 g/mol. The second-order valence-corrected chi connectivity index (χ2v) is 6.27. The molecule has 20 heavy (non-hydrogen) atoms. The van der Waals surface area contributed by atoms with Gasteiger partial charge in [0.1, 0.15) is 5.54 Å². The van der Waals surface area contributed by atoms with E-state index in [4.69, 9.17) is 0 Å². The highest BCUT2D eigenvalue weighted by Gasteiger charge is 2.50. The molecule has 1 aliphatic carbocycles. The maximum absolute atomic E-state index is 12.2. The van der Waals surface area contributed by atoms with Crippen LogP contribution in [0.2, 0.25) is 0 Å². The van der Waals surface area contributed by atoms with E-state index in [0.717, 1.165) is 25.1 Å². The number of aliphatic carboxylic acids is 1. The molecule has 3 nitrogen and oxygen atoms in total. The number of rotatable bonds is 4. The predicted octanol–water partition coefficient (Wildman–Crippen LogP) is 3.38. The molecule has 0 aliphatic heterocycles. The zero-order chi connectivity index (χ0) is 15.0. The second-order valence-electron chi connectivity index (χ2n) is 6.27. The van der Waals surface area contributed by atoms with Crippen LogP contribution in [0.4, 0.5) is 0 Å². The molecular formula is C17H25NO2. The van der Waals surface area contributed by atoms with Crippen LogP contribution in [0.3, 0.4) is 0 Å². The van der Waals surface area contributed by atoms with Gasteiger partial charge in [0.2, 0.25) is 0 Å². The summed E-state index contributed by atoms with van der Waals surface area (Å²) in [7, 11) is 0. The van der Waals surface area contributed by atoms with Crippen molar-refractivity contribution in [3.63, 3.8) is 0 Å². The average Bonchev–Trinajstić information content (AvgIpc) is 2.42. The first-order chi connectivity index (χ1) is 9.40.